The molecular formula is C26H36O21S. The normalized spacial score (nSPS) is 38.4. The largest absolute Gasteiger partial charge is 0.455 e. The maximum absolute atomic E-state index is 13.8. The Hall–Kier alpha value is -3.16. The summed E-state index contributed by atoms with van der Waals surface area (Å²) in [5, 5.41) is 57.2. The van der Waals surface area contributed by atoms with Crippen molar-refractivity contribution in [2.24, 2.45) is 0 Å². The molecule has 2 heterocycles. The molecule has 272 valence electrons. The van der Waals surface area contributed by atoms with Crippen LogP contribution in [-0.4, -0.2) is 147 Å². The van der Waals surface area contributed by atoms with Crippen molar-refractivity contribution in [1.29, 1.82) is 0 Å². The van der Waals surface area contributed by atoms with Crippen molar-refractivity contribution < 1.29 is 100 Å². The van der Waals surface area contributed by atoms with Gasteiger partial charge < -0.3 is 49.2 Å². The van der Waals surface area contributed by atoms with Gasteiger partial charge in [0.2, 0.25) is 16.8 Å². The Balaban J connectivity index is 3.18. The van der Waals surface area contributed by atoms with Crippen LogP contribution in [0.4, 0.5) is 0 Å². The monoisotopic (exact) mass is 716 g/mol. The average Bonchev–Trinajstić information content (AvgIpc) is 2.93. The van der Waals surface area contributed by atoms with Gasteiger partial charge in [0.1, 0.15) is 6.10 Å². The maximum Gasteiger partial charge on any atom is 0.303 e. The second-order valence-electron chi connectivity index (χ2n) is 11.1. The van der Waals surface area contributed by atoms with Crippen LogP contribution in [0.25, 0.3) is 0 Å². The average molecular weight is 717 g/mol. The van der Waals surface area contributed by atoms with Gasteiger partial charge in [-0.15, -0.1) is 4.33 Å². The molecule has 10 atom stereocenters. The van der Waals surface area contributed by atoms with Crippen LogP contribution in [-0.2, 0) is 76.6 Å². The number of aliphatic hydroxyl groups is 5. The van der Waals surface area contributed by atoms with Crippen molar-refractivity contribution >= 4 is 51.0 Å². The Morgan fingerprint density at radius 2 is 1.21 bits per heavy atom. The van der Waals surface area contributed by atoms with Crippen molar-refractivity contribution in [2.45, 2.75) is 108 Å². The fraction of sp³-hybridized carbons (Fsp3) is 0.731. The minimum atomic E-state index is -4.85. The SMILES string of the molecule is CC(=O)O[C@H]1[C@@H](O)[C@H](O[C@@]2(C(C)=O)[C@](O)(C(C)=O)[C@@](O)(C(C)=O)[C@@](OOS(C)(=O)=O)(C(C)=O)O[C@@]2(CO)C(C)=O)O[C@H](O)[C@H]1OC(C)=O. The van der Waals surface area contributed by atoms with Crippen LogP contribution in [0.2, 0.25) is 0 Å². The van der Waals surface area contributed by atoms with E-state index < -0.39 is 117 Å². The standard InChI is InChI=1S/C26H36O21S/c1-10(28)22(9-27)25(13(4)31,44-21-17(35)18(41-15(6)33)19(20(36)43-21)42-16(7)34)23(37,11(2)29)24(38,12(3)30)26(45-22,14(5)32)46-47-48(8,39)40/h17-21,27,35-38H,9H2,1-8H3/t17-,18+,19+,20+,21+,22+,23+,24+,25-,26+/m1/s1. The number of ketones is 5. The highest BCUT2D eigenvalue weighted by atomic mass is 32.2. The summed E-state index contributed by atoms with van der Waals surface area (Å²) >= 11 is 0. The Morgan fingerprint density at radius 3 is 1.56 bits per heavy atom. The van der Waals surface area contributed by atoms with Gasteiger partial charge in [-0.2, -0.15) is 13.3 Å². The van der Waals surface area contributed by atoms with E-state index in [4.69, 9.17) is 23.7 Å². The summed E-state index contributed by atoms with van der Waals surface area (Å²) in [6.07, 6.45) is -11.5. The van der Waals surface area contributed by atoms with E-state index >= 15 is 0 Å². The molecule has 0 amide bonds. The third kappa shape index (κ3) is 6.00. The fourth-order valence-electron chi connectivity index (χ4n) is 5.84. The van der Waals surface area contributed by atoms with Gasteiger partial charge in [-0.25, -0.2) is 0 Å². The second kappa shape index (κ2) is 13.6. The molecule has 2 fully saturated rings. The highest BCUT2D eigenvalue weighted by molar-refractivity contribution is 7.85. The number of ether oxygens (including phenoxy) is 5. The maximum atomic E-state index is 13.8. The minimum absolute atomic E-state index is 0.330. The molecule has 0 bridgehead atoms. The van der Waals surface area contributed by atoms with Crippen molar-refractivity contribution in [1.82, 2.24) is 0 Å². The number of carbonyl (C=O) groups excluding carboxylic acids is 7. The van der Waals surface area contributed by atoms with E-state index in [0.29, 0.717) is 40.9 Å². The van der Waals surface area contributed by atoms with Crippen LogP contribution >= 0.6 is 0 Å². The number of Topliss-reactive ketones (excluding diaryl/α,β-unsaturated/α-hetero) is 5. The summed E-state index contributed by atoms with van der Waals surface area (Å²) in [5.74, 6) is -15.5. The van der Waals surface area contributed by atoms with Gasteiger partial charge in [-0.05, 0) is 27.7 Å². The first kappa shape index (κ1) is 41.0. The number of esters is 2. The molecule has 2 saturated heterocycles. The first-order valence-electron chi connectivity index (χ1n) is 13.6. The molecule has 21 nitrogen and oxygen atoms in total. The second-order valence-corrected chi connectivity index (χ2v) is 12.6. The molecule has 0 saturated carbocycles. The number of aliphatic hydroxyl groups excluding tert-OH is 3. The lowest BCUT2D eigenvalue weighted by Gasteiger charge is -2.65. The van der Waals surface area contributed by atoms with Crippen LogP contribution in [0.1, 0.15) is 48.5 Å². The summed E-state index contributed by atoms with van der Waals surface area (Å²) in [7, 11) is -4.85. The van der Waals surface area contributed by atoms with E-state index in [1.54, 1.807) is 0 Å². The number of carbonyl (C=O) groups is 7. The molecule has 2 aliphatic heterocycles. The number of rotatable bonds is 13. The van der Waals surface area contributed by atoms with E-state index in [9.17, 15) is 67.5 Å². The molecule has 5 N–H and O–H groups in total. The molecule has 48 heavy (non-hydrogen) atoms. The Bertz CT molecular complexity index is 1490. The molecule has 22 heteroatoms. The smallest absolute Gasteiger partial charge is 0.303 e. The summed E-state index contributed by atoms with van der Waals surface area (Å²) in [4.78, 5) is 95.8. The Kier molecular flexibility index (Phi) is 11.6. The molecule has 2 rings (SSSR count). The minimum Gasteiger partial charge on any atom is -0.455 e. The quantitative estimate of drug-likeness (QED) is 0.0680. The third-order valence-electron chi connectivity index (χ3n) is 7.83. The lowest BCUT2D eigenvalue weighted by atomic mass is 9.53. The molecule has 0 aliphatic carbocycles. The summed E-state index contributed by atoms with van der Waals surface area (Å²) in [5.41, 5.74) is -16.6. The van der Waals surface area contributed by atoms with Crippen LogP contribution in [0.3, 0.4) is 0 Å². The number of hydrogen-bond donors (Lipinski definition) is 5. The van der Waals surface area contributed by atoms with Gasteiger partial charge in [0.25, 0.3) is 10.1 Å². The molecular weight excluding hydrogens is 680 g/mol. The van der Waals surface area contributed by atoms with E-state index in [1.165, 1.54) is 0 Å². The first-order chi connectivity index (χ1) is 21.7. The predicted octanol–water partition coefficient (Wildman–Crippen LogP) is -4.59. The van der Waals surface area contributed by atoms with Gasteiger partial charge in [-0.1, -0.05) is 0 Å². The summed E-state index contributed by atoms with van der Waals surface area (Å²) in [6, 6.07) is 0. The lowest BCUT2D eigenvalue weighted by Crippen LogP contribution is -2.95. The van der Waals surface area contributed by atoms with E-state index in [2.05, 4.69) is 9.22 Å². The Labute approximate surface area is 272 Å². The van der Waals surface area contributed by atoms with Crippen molar-refractivity contribution in [2.75, 3.05) is 12.9 Å². The molecule has 2 aliphatic rings. The van der Waals surface area contributed by atoms with E-state index in [0.717, 1.165) is 13.8 Å². The van der Waals surface area contributed by atoms with Crippen molar-refractivity contribution in [3.63, 3.8) is 0 Å². The van der Waals surface area contributed by atoms with Crippen LogP contribution in [0.5, 0.6) is 0 Å². The van der Waals surface area contributed by atoms with Crippen LogP contribution < -0.4 is 0 Å². The predicted molar refractivity (Wildman–Crippen MR) is 146 cm³/mol. The van der Waals surface area contributed by atoms with Gasteiger partial charge in [0.15, 0.2) is 59.3 Å². The topological polar surface area (TPSA) is 319 Å². The van der Waals surface area contributed by atoms with E-state index in [-0.39, 0.29) is 0 Å². The molecule has 0 aromatic heterocycles. The zero-order chi connectivity index (χ0) is 37.6. The van der Waals surface area contributed by atoms with Gasteiger partial charge in [0, 0.05) is 20.8 Å². The zero-order valence-corrected chi connectivity index (χ0v) is 27.6. The summed E-state index contributed by atoms with van der Waals surface area (Å²) in [6.45, 7) is 1.92. The van der Waals surface area contributed by atoms with Crippen LogP contribution in [0.15, 0.2) is 0 Å². The lowest BCUT2D eigenvalue weighted by molar-refractivity contribution is -0.484. The van der Waals surface area contributed by atoms with Gasteiger partial charge in [-0.3, -0.25) is 33.6 Å². The third-order valence-corrected chi connectivity index (χ3v) is 8.15. The molecule has 0 spiro atoms. The van der Waals surface area contributed by atoms with Crippen molar-refractivity contribution in [3.05, 3.63) is 0 Å². The number of hydrogen-bond acceptors (Lipinski definition) is 21. The molecule has 0 radical (unpaired) electrons. The van der Waals surface area contributed by atoms with Gasteiger partial charge >= 0.3 is 17.7 Å². The van der Waals surface area contributed by atoms with Crippen molar-refractivity contribution in [3.8, 4) is 0 Å². The molecule has 0 aromatic rings. The van der Waals surface area contributed by atoms with Crippen LogP contribution in [0, 0.1) is 0 Å². The highest BCUT2D eigenvalue weighted by Crippen LogP contribution is 2.58. The van der Waals surface area contributed by atoms with E-state index in [1.807, 2.05) is 0 Å². The van der Waals surface area contributed by atoms with Gasteiger partial charge in [0.05, 0.1) is 12.9 Å². The fourth-order valence-corrected chi connectivity index (χ4v) is 6.06. The first-order valence-corrected chi connectivity index (χ1v) is 15.4. The zero-order valence-electron chi connectivity index (χ0n) is 26.8. The Morgan fingerprint density at radius 1 is 0.729 bits per heavy atom. The summed E-state index contributed by atoms with van der Waals surface area (Å²) < 4.78 is 54.0. The highest BCUT2D eigenvalue weighted by Gasteiger charge is 2.91. The molecule has 0 unspecified atom stereocenters. The molecule has 0 aromatic carbocycles.